The van der Waals surface area contributed by atoms with Crippen LogP contribution in [0.2, 0.25) is 0 Å². The molecule has 0 radical (unpaired) electrons. The monoisotopic (exact) mass is 430 g/mol. The third-order valence-electron chi connectivity index (χ3n) is 4.10. The van der Waals surface area contributed by atoms with Gasteiger partial charge in [-0.25, -0.2) is 5.43 Å². The lowest BCUT2D eigenvalue weighted by Crippen LogP contribution is -2.30. The summed E-state index contributed by atoms with van der Waals surface area (Å²) < 4.78 is 0.905. The third-order valence-corrected chi connectivity index (χ3v) is 4.63. The van der Waals surface area contributed by atoms with Crippen molar-refractivity contribution in [2.75, 3.05) is 11.4 Å². The largest absolute Gasteiger partial charge is 0.312 e. The van der Waals surface area contributed by atoms with Gasteiger partial charge in [0.1, 0.15) is 0 Å². The van der Waals surface area contributed by atoms with Gasteiger partial charge in [-0.1, -0.05) is 28.1 Å². The lowest BCUT2D eigenvalue weighted by Gasteiger charge is -2.16. The molecule has 1 saturated heterocycles. The van der Waals surface area contributed by atoms with Crippen molar-refractivity contribution in [3.8, 4) is 0 Å². The minimum atomic E-state index is -0.511. The highest BCUT2D eigenvalue weighted by atomic mass is 79.9. The normalized spacial score (nSPS) is 16.7. The molecule has 0 aliphatic carbocycles. The lowest BCUT2D eigenvalue weighted by atomic mass is 10.1. The van der Waals surface area contributed by atoms with Gasteiger partial charge in [0.05, 0.1) is 17.1 Å². The van der Waals surface area contributed by atoms with Crippen LogP contribution in [-0.2, 0) is 9.59 Å². The second-order valence-corrected chi connectivity index (χ2v) is 6.88. The lowest BCUT2D eigenvalue weighted by molar-refractivity contribution is -0.384. The Balaban J connectivity index is 1.60. The average molecular weight is 431 g/mol. The third kappa shape index (κ3) is 4.56. The van der Waals surface area contributed by atoms with Crippen LogP contribution in [0.5, 0.6) is 0 Å². The number of rotatable bonds is 5. The number of carbonyl (C=O) groups is 2. The van der Waals surface area contributed by atoms with Crippen LogP contribution in [0.3, 0.4) is 0 Å². The van der Waals surface area contributed by atoms with Crippen molar-refractivity contribution >= 4 is 45.3 Å². The number of nitro benzene ring substituents is 1. The maximum atomic E-state index is 12.3. The van der Waals surface area contributed by atoms with Crippen molar-refractivity contribution in [3.63, 3.8) is 0 Å². The zero-order valence-corrected chi connectivity index (χ0v) is 15.6. The molecule has 0 aromatic heterocycles. The van der Waals surface area contributed by atoms with Crippen LogP contribution in [0, 0.1) is 16.0 Å². The van der Waals surface area contributed by atoms with Crippen molar-refractivity contribution in [3.05, 3.63) is 68.7 Å². The SMILES string of the molecule is O=C(N/N=C\c1cccc([N+](=O)[O-])c1)[C@H]1CC(=O)N(c2ccc(Br)cc2)C1. The molecule has 2 amide bonds. The Morgan fingerprint density at radius 1 is 1.30 bits per heavy atom. The van der Waals surface area contributed by atoms with Gasteiger partial charge in [0, 0.05) is 40.8 Å². The summed E-state index contributed by atoms with van der Waals surface area (Å²) in [5, 5.41) is 14.6. The van der Waals surface area contributed by atoms with Gasteiger partial charge in [-0.15, -0.1) is 0 Å². The van der Waals surface area contributed by atoms with Gasteiger partial charge in [-0.2, -0.15) is 5.10 Å². The molecule has 3 rings (SSSR count). The zero-order chi connectivity index (χ0) is 19.4. The molecular formula is C18H15BrN4O4. The highest BCUT2D eigenvalue weighted by molar-refractivity contribution is 9.10. The number of hydrazone groups is 1. The standard InChI is InChI=1S/C18H15BrN4O4/c19-14-4-6-15(7-5-14)22-11-13(9-17(22)24)18(25)21-20-10-12-2-1-3-16(8-12)23(26)27/h1-8,10,13H,9,11H2,(H,21,25)/b20-10-/t13-/m0/s1. The fourth-order valence-electron chi connectivity index (χ4n) is 2.73. The van der Waals surface area contributed by atoms with E-state index in [4.69, 9.17) is 0 Å². The molecule has 1 atom stereocenters. The van der Waals surface area contributed by atoms with Crippen molar-refractivity contribution in [1.29, 1.82) is 0 Å². The van der Waals surface area contributed by atoms with E-state index in [-0.39, 0.29) is 30.5 Å². The van der Waals surface area contributed by atoms with Crippen LogP contribution >= 0.6 is 15.9 Å². The number of non-ortho nitro benzene ring substituents is 1. The number of anilines is 1. The molecular weight excluding hydrogens is 416 g/mol. The number of amides is 2. The van der Waals surface area contributed by atoms with E-state index >= 15 is 0 Å². The molecule has 0 spiro atoms. The molecule has 0 unspecified atom stereocenters. The minimum Gasteiger partial charge on any atom is -0.312 e. The molecule has 1 aliphatic heterocycles. The summed E-state index contributed by atoms with van der Waals surface area (Å²) in [5.41, 5.74) is 3.56. The molecule has 9 heteroatoms. The van der Waals surface area contributed by atoms with Crippen LogP contribution < -0.4 is 10.3 Å². The summed E-state index contributed by atoms with van der Waals surface area (Å²) in [6.45, 7) is 0.276. The van der Waals surface area contributed by atoms with Crippen LogP contribution in [0.25, 0.3) is 0 Å². The molecule has 8 nitrogen and oxygen atoms in total. The van der Waals surface area contributed by atoms with E-state index in [2.05, 4.69) is 26.5 Å². The van der Waals surface area contributed by atoms with E-state index in [0.717, 1.165) is 10.2 Å². The molecule has 2 aromatic rings. The Morgan fingerprint density at radius 2 is 2.04 bits per heavy atom. The Bertz CT molecular complexity index is 914. The summed E-state index contributed by atoms with van der Waals surface area (Å²) in [4.78, 5) is 36.3. The number of benzene rings is 2. The fourth-order valence-corrected chi connectivity index (χ4v) is 3.00. The first-order valence-electron chi connectivity index (χ1n) is 8.07. The molecule has 1 heterocycles. The van der Waals surface area contributed by atoms with Crippen molar-refractivity contribution < 1.29 is 14.5 Å². The highest BCUT2D eigenvalue weighted by Crippen LogP contribution is 2.26. The van der Waals surface area contributed by atoms with Gasteiger partial charge < -0.3 is 4.90 Å². The van der Waals surface area contributed by atoms with Gasteiger partial charge in [-0.3, -0.25) is 19.7 Å². The maximum absolute atomic E-state index is 12.3. The van der Waals surface area contributed by atoms with E-state index in [0.29, 0.717) is 5.56 Å². The second-order valence-electron chi connectivity index (χ2n) is 5.97. The van der Waals surface area contributed by atoms with Gasteiger partial charge in [0.15, 0.2) is 0 Å². The Morgan fingerprint density at radius 3 is 2.74 bits per heavy atom. The molecule has 1 N–H and O–H groups in total. The predicted molar refractivity (Wildman–Crippen MR) is 103 cm³/mol. The van der Waals surface area contributed by atoms with E-state index < -0.39 is 10.8 Å². The number of nitro groups is 1. The summed E-state index contributed by atoms with van der Waals surface area (Å²) in [5.74, 6) is -1.01. The van der Waals surface area contributed by atoms with Gasteiger partial charge in [-0.05, 0) is 24.3 Å². The first-order valence-corrected chi connectivity index (χ1v) is 8.86. The average Bonchev–Trinajstić information content (AvgIpc) is 3.04. The second kappa shape index (κ2) is 8.09. The molecule has 1 fully saturated rings. The van der Waals surface area contributed by atoms with E-state index in [1.54, 1.807) is 11.0 Å². The van der Waals surface area contributed by atoms with Crippen molar-refractivity contribution in [2.45, 2.75) is 6.42 Å². The highest BCUT2D eigenvalue weighted by Gasteiger charge is 2.35. The van der Waals surface area contributed by atoms with E-state index in [1.165, 1.54) is 24.4 Å². The maximum Gasteiger partial charge on any atom is 0.270 e. The summed E-state index contributed by atoms with van der Waals surface area (Å²) in [7, 11) is 0. The summed E-state index contributed by atoms with van der Waals surface area (Å²) in [6.07, 6.45) is 1.43. The number of hydrogen-bond acceptors (Lipinski definition) is 5. The number of nitrogens with zero attached hydrogens (tertiary/aromatic N) is 3. The molecule has 138 valence electrons. The first-order chi connectivity index (χ1) is 12.9. The molecule has 0 bridgehead atoms. The van der Waals surface area contributed by atoms with Crippen LogP contribution in [0.4, 0.5) is 11.4 Å². The minimum absolute atomic E-state index is 0.0585. The van der Waals surface area contributed by atoms with Gasteiger partial charge in [0.2, 0.25) is 11.8 Å². The predicted octanol–water partition coefficient (Wildman–Crippen LogP) is 2.86. The molecule has 2 aromatic carbocycles. The number of halogens is 1. The number of carbonyl (C=O) groups excluding carboxylic acids is 2. The zero-order valence-electron chi connectivity index (χ0n) is 14.0. The Kier molecular flexibility index (Phi) is 5.60. The van der Waals surface area contributed by atoms with E-state index in [9.17, 15) is 19.7 Å². The Labute approximate surface area is 163 Å². The molecule has 27 heavy (non-hydrogen) atoms. The van der Waals surface area contributed by atoms with E-state index in [1.807, 2.05) is 24.3 Å². The summed E-state index contributed by atoms with van der Waals surface area (Å²) in [6, 6.07) is 13.2. The van der Waals surface area contributed by atoms with Crippen LogP contribution in [0.15, 0.2) is 58.1 Å². The number of hydrogen-bond donors (Lipinski definition) is 1. The smallest absolute Gasteiger partial charge is 0.270 e. The molecule has 1 aliphatic rings. The van der Waals surface area contributed by atoms with Crippen LogP contribution in [0.1, 0.15) is 12.0 Å². The van der Waals surface area contributed by atoms with Gasteiger partial charge >= 0.3 is 0 Å². The molecule has 0 saturated carbocycles. The first kappa shape index (κ1) is 18.7. The topological polar surface area (TPSA) is 105 Å². The van der Waals surface area contributed by atoms with Crippen molar-refractivity contribution in [1.82, 2.24) is 5.43 Å². The number of nitrogens with one attached hydrogen (secondary N) is 1. The van der Waals surface area contributed by atoms with Gasteiger partial charge in [0.25, 0.3) is 5.69 Å². The summed E-state index contributed by atoms with van der Waals surface area (Å²) >= 11 is 3.34. The Hall–Kier alpha value is -3.07. The van der Waals surface area contributed by atoms with Crippen LogP contribution in [-0.4, -0.2) is 29.5 Å². The fraction of sp³-hybridized carbons (Fsp3) is 0.167. The quantitative estimate of drug-likeness (QED) is 0.447. The van der Waals surface area contributed by atoms with Crippen molar-refractivity contribution in [2.24, 2.45) is 11.0 Å².